The number of hydrogen-bond donors (Lipinski definition) is 1. The van der Waals surface area contributed by atoms with E-state index < -0.39 is 0 Å². The minimum Gasteiger partial charge on any atom is -0.490 e. The van der Waals surface area contributed by atoms with E-state index in [0.717, 1.165) is 14.5 Å². The van der Waals surface area contributed by atoms with Crippen LogP contribution < -0.4 is 19.6 Å². The molecule has 1 N–H and O–H groups in total. The summed E-state index contributed by atoms with van der Waals surface area (Å²) in [6.07, 6.45) is 1.52. The van der Waals surface area contributed by atoms with Gasteiger partial charge in [-0.25, -0.2) is 5.43 Å². The van der Waals surface area contributed by atoms with Crippen LogP contribution in [0.25, 0.3) is 0 Å². The summed E-state index contributed by atoms with van der Waals surface area (Å²) in [4.78, 5) is 12.0. The van der Waals surface area contributed by atoms with Gasteiger partial charge in [-0.15, -0.1) is 0 Å². The van der Waals surface area contributed by atoms with Gasteiger partial charge in [0.1, 0.15) is 12.4 Å². The average molecular weight is 597 g/mol. The SMILES string of the molecule is CCOc1cc(/C=N\NC(=O)COc2ccc(Br)cc2)c(Br)cc1OCc1ccc(Cl)cc1. The van der Waals surface area contributed by atoms with Gasteiger partial charge in [0.2, 0.25) is 0 Å². The van der Waals surface area contributed by atoms with Crippen molar-refractivity contribution in [2.45, 2.75) is 13.5 Å². The Morgan fingerprint density at radius 3 is 2.39 bits per heavy atom. The molecule has 0 spiro atoms. The molecule has 0 aromatic heterocycles. The molecule has 0 aliphatic rings. The van der Waals surface area contributed by atoms with Crippen LogP contribution in [0.4, 0.5) is 0 Å². The van der Waals surface area contributed by atoms with Gasteiger partial charge in [-0.3, -0.25) is 4.79 Å². The monoisotopic (exact) mass is 594 g/mol. The van der Waals surface area contributed by atoms with Crippen LogP contribution in [0.15, 0.2) is 74.7 Å². The first-order valence-electron chi connectivity index (χ1n) is 9.98. The fraction of sp³-hybridized carbons (Fsp3) is 0.167. The molecule has 0 saturated carbocycles. The Labute approximate surface area is 214 Å². The third-order valence-electron chi connectivity index (χ3n) is 4.25. The van der Waals surface area contributed by atoms with Crippen LogP contribution in [0, 0.1) is 0 Å². The summed E-state index contributed by atoms with van der Waals surface area (Å²) in [7, 11) is 0. The summed E-state index contributed by atoms with van der Waals surface area (Å²) >= 11 is 12.8. The normalized spacial score (nSPS) is 10.8. The zero-order chi connectivity index (χ0) is 23.6. The first kappa shape index (κ1) is 25.1. The molecule has 0 aliphatic heterocycles. The Morgan fingerprint density at radius 1 is 1.00 bits per heavy atom. The van der Waals surface area contributed by atoms with E-state index >= 15 is 0 Å². The second-order valence-electron chi connectivity index (χ2n) is 6.70. The molecule has 0 radical (unpaired) electrons. The van der Waals surface area contributed by atoms with E-state index in [2.05, 4.69) is 42.4 Å². The van der Waals surface area contributed by atoms with Crippen LogP contribution in [0.5, 0.6) is 17.2 Å². The summed E-state index contributed by atoms with van der Waals surface area (Å²) in [6.45, 7) is 2.58. The van der Waals surface area contributed by atoms with Crippen LogP contribution >= 0.6 is 43.5 Å². The Morgan fingerprint density at radius 2 is 1.70 bits per heavy atom. The Bertz CT molecular complexity index is 1110. The van der Waals surface area contributed by atoms with Crippen LogP contribution in [-0.4, -0.2) is 25.3 Å². The first-order chi connectivity index (χ1) is 15.9. The third-order valence-corrected chi connectivity index (χ3v) is 5.71. The lowest BCUT2D eigenvalue weighted by atomic mass is 10.2. The quantitative estimate of drug-likeness (QED) is 0.218. The van der Waals surface area contributed by atoms with Crippen molar-refractivity contribution in [1.82, 2.24) is 5.43 Å². The highest BCUT2D eigenvalue weighted by Gasteiger charge is 2.11. The van der Waals surface area contributed by atoms with E-state index in [1.54, 1.807) is 24.3 Å². The largest absolute Gasteiger partial charge is 0.490 e. The molecule has 6 nitrogen and oxygen atoms in total. The van der Waals surface area contributed by atoms with E-state index in [1.807, 2.05) is 43.3 Å². The van der Waals surface area contributed by atoms with Gasteiger partial charge in [0.25, 0.3) is 5.91 Å². The maximum atomic E-state index is 12.0. The molecule has 0 heterocycles. The maximum Gasteiger partial charge on any atom is 0.277 e. The highest BCUT2D eigenvalue weighted by molar-refractivity contribution is 9.10. The zero-order valence-corrected chi connectivity index (χ0v) is 21.6. The number of nitrogens with one attached hydrogen (secondary N) is 1. The number of hydrazone groups is 1. The lowest BCUT2D eigenvalue weighted by molar-refractivity contribution is -0.123. The molecule has 0 bridgehead atoms. The minimum atomic E-state index is -0.377. The van der Waals surface area contributed by atoms with Gasteiger partial charge in [0, 0.05) is 19.5 Å². The van der Waals surface area contributed by atoms with Crippen molar-refractivity contribution in [2.24, 2.45) is 5.10 Å². The fourth-order valence-corrected chi connectivity index (χ4v) is 3.47. The number of ether oxygens (including phenoxy) is 3. The topological polar surface area (TPSA) is 69.2 Å². The maximum absolute atomic E-state index is 12.0. The van der Waals surface area contributed by atoms with Gasteiger partial charge in [0.05, 0.1) is 12.8 Å². The van der Waals surface area contributed by atoms with E-state index in [9.17, 15) is 4.79 Å². The second-order valence-corrected chi connectivity index (χ2v) is 8.91. The molecular formula is C24H21Br2ClN2O4. The number of benzene rings is 3. The van der Waals surface area contributed by atoms with Gasteiger partial charge in [-0.1, -0.05) is 39.7 Å². The molecule has 9 heteroatoms. The Hall–Kier alpha value is -2.55. The molecule has 3 aromatic carbocycles. The fourth-order valence-electron chi connectivity index (χ4n) is 2.66. The lowest BCUT2D eigenvalue weighted by Gasteiger charge is -2.14. The predicted molar refractivity (Wildman–Crippen MR) is 136 cm³/mol. The van der Waals surface area contributed by atoms with E-state index in [4.69, 9.17) is 25.8 Å². The van der Waals surface area contributed by atoms with Crippen molar-refractivity contribution in [2.75, 3.05) is 13.2 Å². The number of hydrogen-bond acceptors (Lipinski definition) is 5. The highest BCUT2D eigenvalue weighted by Crippen LogP contribution is 2.34. The van der Waals surface area contributed by atoms with Crippen molar-refractivity contribution in [3.63, 3.8) is 0 Å². The summed E-state index contributed by atoms with van der Waals surface area (Å²) in [5.74, 6) is 1.37. The van der Waals surface area contributed by atoms with Gasteiger partial charge in [0.15, 0.2) is 18.1 Å². The Kier molecular flexibility index (Phi) is 9.60. The second kappa shape index (κ2) is 12.6. The van der Waals surface area contributed by atoms with Gasteiger partial charge in [-0.2, -0.15) is 5.10 Å². The molecule has 0 fully saturated rings. The summed E-state index contributed by atoms with van der Waals surface area (Å²) in [5.41, 5.74) is 4.15. The molecule has 3 aromatic rings. The van der Waals surface area contributed by atoms with Crippen molar-refractivity contribution in [1.29, 1.82) is 0 Å². The van der Waals surface area contributed by atoms with Crippen LogP contribution in [0.3, 0.4) is 0 Å². The molecule has 0 unspecified atom stereocenters. The third kappa shape index (κ3) is 8.07. The van der Waals surface area contributed by atoms with Crippen molar-refractivity contribution >= 4 is 55.6 Å². The summed E-state index contributed by atoms with van der Waals surface area (Å²) in [6, 6.07) is 18.2. The standard InChI is InChI=1S/C24H21Br2ClN2O4/c1-2-31-22-11-17(13-28-29-24(30)15-32-20-9-5-18(25)6-10-20)21(26)12-23(22)33-14-16-3-7-19(27)8-4-16/h3-13H,2,14-15H2,1H3,(H,29,30)/b28-13-. The van der Waals surface area contributed by atoms with Crippen molar-refractivity contribution < 1.29 is 19.0 Å². The van der Waals surface area contributed by atoms with Crippen LogP contribution in [0.2, 0.25) is 5.02 Å². The van der Waals surface area contributed by atoms with Crippen LogP contribution in [0.1, 0.15) is 18.1 Å². The number of halogens is 3. The molecule has 33 heavy (non-hydrogen) atoms. The number of nitrogens with zero attached hydrogens (tertiary/aromatic N) is 1. The average Bonchev–Trinajstić information content (AvgIpc) is 2.80. The lowest BCUT2D eigenvalue weighted by Crippen LogP contribution is -2.24. The molecular weight excluding hydrogens is 576 g/mol. The highest BCUT2D eigenvalue weighted by atomic mass is 79.9. The van der Waals surface area contributed by atoms with E-state index in [0.29, 0.717) is 41.0 Å². The summed E-state index contributed by atoms with van der Waals surface area (Å²) in [5, 5.41) is 4.68. The first-order valence-corrected chi connectivity index (χ1v) is 11.9. The van der Waals surface area contributed by atoms with Gasteiger partial charge < -0.3 is 14.2 Å². The smallest absolute Gasteiger partial charge is 0.277 e. The number of carbonyl (C=O) groups is 1. The predicted octanol–water partition coefficient (Wildman–Crippen LogP) is 6.37. The summed E-state index contributed by atoms with van der Waals surface area (Å²) < 4.78 is 18.8. The molecule has 0 atom stereocenters. The Balaban J connectivity index is 1.60. The molecule has 0 saturated heterocycles. The zero-order valence-electron chi connectivity index (χ0n) is 17.7. The van der Waals surface area contributed by atoms with Gasteiger partial charge >= 0.3 is 0 Å². The molecule has 172 valence electrons. The van der Waals surface area contributed by atoms with Crippen LogP contribution in [-0.2, 0) is 11.4 Å². The molecule has 3 rings (SSSR count). The van der Waals surface area contributed by atoms with E-state index in [-0.39, 0.29) is 12.5 Å². The van der Waals surface area contributed by atoms with Crippen molar-refractivity contribution in [3.8, 4) is 17.2 Å². The number of amides is 1. The van der Waals surface area contributed by atoms with Gasteiger partial charge in [-0.05, 0) is 76.9 Å². The number of carbonyl (C=O) groups excluding carboxylic acids is 1. The molecule has 0 aliphatic carbocycles. The van der Waals surface area contributed by atoms with E-state index in [1.165, 1.54) is 6.21 Å². The molecule has 1 amide bonds. The number of rotatable bonds is 10. The van der Waals surface area contributed by atoms with Crippen molar-refractivity contribution in [3.05, 3.63) is 85.8 Å². The minimum absolute atomic E-state index is 0.151.